The molecule has 1 aliphatic heterocycles. The van der Waals surface area contributed by atoms with E-state index >= 15 is 0 Å². The van der Waals surface area contributed by atoms with Crippen molar-refractivity contribution in [1.29, 1.82) is 0 Å². The SMILES string of the molecule is Cn1cc(-c2cc3c(cn2)[nH]c2ncc(-c4ccc(OCCCN5CCOCC5)cc4)cc23)cn1. The molecule has 1 aromatic carbocycles. The Morgan fingerprint density at radius 3 is 2.60 bits per heavy atom. The molecular weight excluding hydrogens is 440 g/mol. The van der Waals surface area contributed by atoms with Gasteiger partial charge in [0.1, 0.15) is 11.4 Å². The fraction of sp³-hybridized carbons (Fsp3) is 0.296. The Balaban J connectivity index is 1.18. The third kappa shape index (κ3) is 4.62. The molecule has 5 aromatic rings. The van der Waals surface area contributed by atoms with Gasteiger partial charge in [-0.1, -0.05) is 12.1 Å². The summed E-state index contributed by atoms with van der Waals surface area (Å²) in [5.41, 5.74) is 5.89. The lowest BCUT2D eigenvalue weighted by Gasteiger charge is -2.26. The maximum Gasteiger partial charge on any atom is 0.138 e. The number of hydrogen-bond donors (Lipinski definition) is 1. The molecule has 6 rings (SSSR count). The third-order valence-corrected chi connectivity index (χ3v) is 6.51. The number of ether oxygens (including phenoxy) is 2. The van der Waals surface area contributed by atoms with E-state index in [-0.39, 0.29) is 0 Å². The zero-order valence-electron chi connectivity index (χ0n) is 19.8. The average molecular weight is 469 g/mol. The highest BCUT2D eigenvalue weighted by molar-refractivity contribution is 6.07. The lowest BCUT2D eigenvalue weighted by atomic mass is 10.1. The van der Waals surface area contributed by atoms with Gasteiger partial charge in [-0.25, -0.2) is 4.98 Å². The van der Waals surface area contributed by atoms with E-state index in [1.54, 1.807) is 4.68 Å². The molecule has 0 amide bonds. The van der Waals surface area contributed by atoms with Crippen molar-refractivity contribution < 1.29 is 9.47 Å². The number of morpholine rings is 1. The van der Waals surface area contributed by atoms with E-state index < -0.39 is 0 Å². The number of fused-ring (bicyclic) bond motifs is 3. The number of rotatable bonds is 7. The first-order valence-electron chi connectivity index (χ1n) is 12.0. The standard InChI is InChI=1S/C27H28N6O2/c1-32-18-21(16-30-32)25-14-23-24-13-20(15-29-27(24)31-26(23)17-28-25)19-3-5-22(6-4-19)35-10-2-7-33-8-11-34-12-9-33/h3-6,13-18H,2,7-12H2,1H3,(H,29,31). The quantitative estimate of drug-likeness (QED) is 0.359. The minimum atomic E-state index is 0.715. The predicted molar refractivity (Wildman–Crippen MR) is 136 cm³/mol. The number of nitrogens with zero attached hydrogens (tertiary/aromatic N) is 5. The summed E-state index contributed by atoms with van der Waals surface area (Å²) in [5.74, 6) is 0.893. The highest BCUT2D eigenvalue weighted by atomic mass is 16.5. The van der Waals surface area contributed by atoms with Gasteiger partial charge in [0.15, 0.2) is 0 Å². The van der Waals surface area contributed by atoms with Crippen LogP contribution in [0.2, 0.25) is 0 Å². The van der Waals surface area contributed by atoms with Crippen LogP contribution in [-0.4, -0.2) is 69.1 Å². The molecule has 35 heavy (non-hydrogen) atoms. The van der Waals surface area contributed by atoms with Crippen molar-refractivity contribution in [2.75, 3.05) is 39.5 Å². The van der Waals surface area contributed by atoms with Gasteiger partial charge in [-0.05, 0) is 36.2 Å². The lowest BCUT2D eigenvalue weighted by Crippen LogP contribution is -2.37. The van der Waals surface area contributed by atoms with Crippen molar-refractivity contribution in [2.45, 2.75) is 6.42 Å². The second-order valence-corrected chi connectivity index (χ2v) is 8.94. The molecule has 178 valence electrons. The molecule has 1 aliphatic rings. The van der Waals surface area contributed by atoms with Crippen LogP contribution in [0.5, 0.6) is 5.75 Å². The number of hydrogen-bond acceptors (Lipinski definition) is 6. The molecule has 8 heteroatoms. The fourth-order valence-corrected chi connectivity index (χ4v) is 4.59. The van der Waals surface area contributed by atoms with Crippen LogP contribution in [0, 0.1) is 0 Å². The Morgan fingerprint density at radius 1 is 0.943 bits per heavy atom. The Bertz CT molecular complexity index is 1450. The van der Waals surface area contributed by atoms with E-state index in [0.717, 1.165) is 89.3 Å². The van der Waals surface area contributed by atoms with Crippen LogP contribution < -0.4 is 4.74 Å². The first-order valence-corrected chi connectivity index (χ1v) is 12.0. The molecule has 5 heterocycles. The summed E-state index contributed by atoms with van der Waals surface area (Å²) in [6, 6.07) is 12.5. The van der Waals surface area contributed by atoms with E-state index in [2.05, 4.69) is 49.2 Å². The summed E-state index contributed by atoms with van der Waals surface area (Å²) < 4.78 is 13.2. The number of aromatic nitrogens is 5. The number of aromatic amines is 1. The maximum absolute atomic E-state index is 5.97. The second-order valence-electron chi connectivity index (χ2n) is 8.94. The van der Waals surface area contributed by atoms with Crippen LogP contribution in [0.4, 0.5) is 0 Å². The van der Waals surface area contributed by atoms with Gasteiger partial charge in [-0.2, -0.15) is 5.10 Å². The molecule has 0 saturated carbocycles. The van der Waals surface area contributed by atoms with E-state index in [0.29, 0.717) is 6.61 Å². The molecule has 1 saturated heterocycles. The topological polar surface area (TPSA) is 81.1 Å². The van der Waals surface area contributed by atoms with Crippen molar-refractivity contribution in [2.24, 2.45) is 7.05 Å². The van der Waals surface area contributed by atoms with Crippen LogP contribution in [0.25, 0.3) is 44.3 Å². The van der Waals surface area contributed by atoms with Gasteiger partial charge in [-0.3, -0.25) is 14.6 Å². The number of nitrogens with one attached hydrogen (secondary N) is 1. The molecule has 8 nitrogen and oxygen atoms in total. The van der Waals surface area contributed by atoms with Gasteiger partial charge in [0.25, 0.3) is 0 Å². The van der Waals surface area contributed by atoms with Crippen LogP contribution in [0.15, 0.2) is 61.2 Å². The number of pyridine rings is 2. The summed E-state index contributed by atoms with van der Waals surface area (Å²) in [6.45, 7) is 5.48. The van der Waals surface area contributed by atoms with Crippen molar-refractivity contribution in [3.63, 3.8) is 0 Å². The second kappa shape index (κ2) is 9.48. The zero-order valence-corrected chi connectivity index (χ0v) is 19.8. The van der Waals surface area contributed by atoms with Crippen LogP contribution in [0.3, 0.4) is 0 Å². The molecular formula is C27H28N6O2. The first-order chi connectivity index (χ1) is 17.2. The van der Waals surface area contributed by atoms with E-state index in [1.807, 2.05) is 44.0 Å². The highest BCUT2D eigenvalue weighted by Gasteiger charge is 2.12. The fourth-order valence-electron chi connectivity index (χ4n) is 4.59. The minimum absolute atomic E-state index is 0.715. The molecule has 0 unspecified atom stereocenters. The third-order valence-electron chi connectivity index (χ3n) is 6.51. The van der Waals surface area contributed by atoms with E-state index in [4.69, 9.17) is 9.47 Å². The molecule has 0 spiro atoms. The molecule has 0 atom stereocenters. The van der Waals surface area contributed by atoms with Crippen molar-refractivity contribution >= 4 is 21.9 Å². The minimum Gasteiger partial charge on any atom is -0.494 e. The lowest BCUT2D eigenvalue weighted by molar-refractivity contribution is 0.0358. The van der Waals surface area contributed by atoms with Crippen molar-refractivity contribution in [1.82, 2.24) is 29.6 Å². The van der Waals surface area contributed by atoms with Crippen LogP contribution in [0.1, 0.15) is 6.42 Å². The molecule has 1 fully saturated rings. The zero-order chi connectivity index (χ0) is 23.6. The van der Waals surface area contributed by atoms with Gasteiger partial charge in [0, 0.05) is 61.0 Å². The smallest absolute Gasteiger partial charge is 0.138 e. The van der Waals surface area contributed by atoms with Crippen LogP contribution in [-0.2, 0) is 11.8 Å². The molecule has 0 aliphatic carbocycles. The summed E-state index contributed by atoms with van der Waals surface area (Å²) in [7, 11) is 1.91. The van der Waals surface area contributed by atoms with Crippen molar-refractivity contribution in [3.05, 3.63) is 61.2 Å². The highest BCUT2D eigenvalue weighted by Crippen LogP contribution is 2.31. The summed E-state index contributed by atoms with van der Waals surface area (Å²) >= 11 is 0. The van der Waals surface area contributed by atoms with Crippen LogP contribution >= 0.6 is 0 Å². The number of benzene rings is 1. The average Bonchev–Trinajstić information content (AvgIpc) is 3.50. The van der Waals surface area contributed by atoms with Gasteiger partial charge in [-0.15, -0.1) is 0 Å². The Hall–Kier alpha value is -3.75. The largest absolute Gasteiger partial charge is 0.494 e. The molecule has 0 bridgehead atoms. The summed E-state index contributed by atoms with van der Waals surface area (Å²) in [5, 5.41) is 6.45. The Labute approximate surface area is 203 Å². The van der Waals surface area contributed by atoms with E-state index in [9.17, 15) is 0 Å². The van der Waals surface area contributed by atoms with Gasteiger partial charge in [0.05, 0.1) is 43.4 Å². The molecule has 4 aromatic heterocycles. The van der Waals surface area contributed by atoms with Gasteiger partial charge >= 0.3 is 0 Å². The monoisotopic (exact) mass is 468 g/mol. The molecule has 1 N–H and O–H groups in total. The molecule has 0 radical (unpaired) electrons. The van der Waals surface area contributed by atoms with Crippen molar-refractivity contribution in [3.8, 4) is 28.1 Å². The maximum atomic E-state index is 5.97. The summed E-state index contributed by atoms with van der Waals surface area (Å²) in [6.07, 6.45) is 8.59. The summed E-state index contributed by atoms with van der Waals surface area (Å²) in [4.78, 5) is 15.1. The van der Waals surface area contributed by atoms with E-state index in [1.165, 1.54) is 0 Å². The van der Waals surface area contributed by atoms with Gasteiger partial charge in [0.2, 0.25) is 0 Å². The first kappa shape index (κ1) is 21.8. The normalized spacial score (nSPS) is 14.7. The number of aryl methyl sites for hydroxylation is 1. The Morgan fingerprint density at radius 2 is 1.80 bits per heavy atom. The predicted octanol–water partition coefficient (Wildman–Crippen LogP) is 4.28. The Kier molecular flexibility index (Phi) is 5.89. The van der Waals surface area contributed by atoms with Gasteiger partial charge < -0.3 is 14.5 Å². The number of H-pyrrole nitrogens is 1.